The molecule has 0 heterocycles. The standard InChI is InChI=1S/C14H23NO2/c1-5-8-17-14-9-12(10-15-11(2)3)6-7-13(14)16-4/h6-7,9,11,15H,5,8,10H2,1-4H3. The Morgan fingerprint density at radius 3 is 2.59 bits per heavy atom. The lowest BCUT2D eigenvalue weighted by atomic mass is 10.2. The van der Waals surface area contributed by atoms with Gasteiger partial charge in [0.25, 0.3) is 0 Å². The molecule has 0 radical (unpaired) electrons. The fourth-order valence-electron chi connectivity index (χ4n) is 1.48. The second kappa shape index (κ2) is 7.17. The molecule has 17 heavy (non-hydrogen) atoms. The third-order valence-electron chi connectivity index (χ3n) is 2.40. The van der Waals surface area contributed by atoms with Gasteiger partial charge < -0.3 is 14.8 Å². The van der Waals surface area contributed by atoms with Crippen LogP contribution >= 0.6 is 0 Å². The molecule has 0 aromatic heterocycles. The fraction of sp³-hybridized carbons (Fsp3) is 0.571. The van der Waals surface area contributed by atoms with E-state index in [0.717, 1.165) is 31.1 Å². The van der Waals surface area contributed by atoms with E-state index in [1.165, 1.54) is 5.56 Å². The number of ether oxygens (including phenoxy) is 2. The molecule has 0 aliphatic heterocycles. The number of hydrogen-bond donors (Lipinski definition) is 1. The van der Waals surface area contributed by atoms with Crippen LogP contribution in [0.4, 0.5) is 0 Å². The van der Waals surface area contributed by atoms with Crippen molar-refractivity contribution < 1.29 is 9.47 Å². The summed E-state index contributed by atoms with van der Waals surface area (Å²) in [6, 6.07) is 6.55. The van der Waals surface area contributed by atoms with E-state index in [-0.39, 0.29) is 0 Å². The van der Waals surface area contributed by atoms with Crippen molar-refractivity contribution in [1.29, 1.82) is 0 Å². The summed E-state index contributed by atoms with van der Waals surface area (Å²) in [5.74, 6) is 1.63. The van der Waals surface area contributed by atoms with E-state index in [2.05, 4.69) is 32.2 Å². The van der Waals surface area contributed by atoms with Gasteiger partial charge in [-0.2, -0.15) is 0 Å². The zero-order valence-electron chi connectivity index (χ0n) is 11.2. The van der Waals surface area contributed by atoms with Crippen LogP contribution in [0.15, 0.2) is 18.2 Å². The number of methoxy groups -OCH3 is 1. The molecule has 3 nitrogen and oxygen atoms in total. The number of rotatable bonds is 7. The molecule has 0 bridgehead atoms. The Balaban J connectivity index is 2.73. The maximum atomic E-state index is 5.67. The van der Waals surface area contributed by atoms with Gasteiger partial charge in [0.05, 0.1) is 13.7 Å². The molecule has 0 saturated carbocycles. The van der Waals surface area contributed by atoms with E-state index in [1.807, 2.05) is 12.1 Å². The molecule has 1 aromatic carbocycles. The number of nitrogens with one attached hydrogen (secondary N) is 1. The SMILES string of the molecule is CCCOc1cc(CNC(C)C)ccc1OC. The van der Waals surface area contributed by atoms with E-state index in [9.17, 15) is 0 Å². The first-order valence-electron chi connectivity index (χ1n) is 6.20. The van der Waals surface area contributed by atoms with Gasteiger partial charge in [0.1, 0.15) is 0 Å². The zero-order chi connectivity index (χ0) is 12.7. The lowest BCUT2D eigenvalue weighted by Crippen LogP contribution is -2.21. The van der Waals surface area contributed by atoms with Crippen LogP contribution in [0.5, 0.6) is 11.5 Å². The zero-order valence-corrected chi connectivity index (χ0v) is 11.2. The predicted octanol–water partition coefficient (Wildman–Crippen LogP) is 2.98. The molecule has 0 atom stereocenters. The largest absolute Gasteiger partial charge is 0.493 e. The second-order valence-corrected chi connectivity index (χ2v) is 4.37. The molecule has 0 fully saturated rings. The Hall–Kier alpha value is -1.22. The molecule has 0 unspecified atom stereocenters. The van der Waals surface area contributed by atoms with Crippen molar-refractivity contribution in [2.45, 2.75) is 39.8 Å². The minimum Gasteiger partial charge on any atom is -0.493 e. The van der Waals surface area contributed by atoms with Crippen LogP contribution in [0.25, 0.3) is 0 Å². The number of benzene rings is 1. The Bertz CT molecular complexity index is 337. The molecule has 0 spiro atoms. The monoisotopic (exact) mass is 237 g/mol. The summed E-state index contributed by atoms with van der Waals surface area (Å²) in [7, 11) is 1.67. The first-order valence-corrected chi connectivity index (χ1v) is 6.20. The predicted molar refractivity (Wildman–Crippen MR) is 70.8 cm³/mol. The summed E-state index contributed by atoms with van der Waals surface area (Å²) >= 11 is 0. The van der Waals surface area contributed by atoms with Gasteiger partial charge in [-0.1, -0.05) is 26.8 Å². The van der Waals surface area contributed by atoms with Crippen LogP contribution in [0, 0.1) is 0 Å². The summed E-state index contributed by atoms with van der Waals surface area (Å²) < 4.78 is 10.9. The first kappa shape index (κ1) is 13.8. The molecule has 1 aromatic rings. The third-order valence-corrected chi connectivity index (χ3v) is 2.40. The summed E-state index contributed by atoms with van der Waals surface area (Å²) in [5, 5.41) is 3.39. The van der Waals surface area contributed by atoms with Crippen molar-refractivity contribution in [2.75, 3.05) is 13.7 Å². The van der Waals surface area contributed by atoms with E-state index < -0.39 is 0 Å². The minimum atomic E-state index is 0.483. The van der Waals surface area contributed by atoms with Gasteiger partial charge in [-0.15, -0.1) is 0 Å². The Kier molecular flexibility index (Phi) is 5.84. The lowest BCUT2D eigenvalue weighted by molar-refractivity contribution is 0.294. The van der Waals surface area contributed by atoms with Crippen LogP contribution < -0.4 is 14.8 Å². The maximum Gasteiger partial charge on any atom is 0.161 e. The van der Waals surface area contributed by atoms with E-state index in [4.69, 9.17) is 9.47 Å². The molecule has 0 aliphatic rings. The minimum absolute atomic E-state index is 0.483. The van der Waals surface area contributed by atoms with E-state index in [1.54, 1.807) is 7.11 Å². The third kappa shape index (κ3) is 4.65. The molecule has 1 N–H and O–H groups in total. The quantitative estimate of drug-likeness (QED) is 0.791. The van der Waals surface area contributed by atoms with Crippen molar-refractivity contribution in [3.63, 3.8) is 0 Å². The fourth-order valence-corrected chi connectivity index (χ4v) is 1.48. The Morgan fingerprint density at radius 1 is 1.24 bits per heavy atom. The lowest BCUT2D eigenvalue weighted by Gasteiger charge is -2.13. The maximum absolute atomic E-state index is 5.67. The normalized spacial score (nSPS) is 10.6. The van der Waals surface area contributed by atoms with Crippen molar-refractivity contribution in [3.05, 3.63) is 23.8 Å². The topological polar surface area (TPSA) is 30.5 Å². The number of hydrogen-bond acceptors (Lipinski definition) is 3. The van der Waals surface area contributed by atoms with E-state index in [0.29, 0.717) is 6.04 Å². The highest BCUT2D eigenvalue weighted by molar-refractivity contribution is 5.42. The Morgan fingerprint density at radius 2 is 2.00 bits per heavy atom. The van der Waals surface area contributed by atoms with Gasteiger partial charge in [-0.25, -0.2) is 0 Å². The van der Waals surface area contributed by atoms with Gasteiger partial charge in [0.2, 0.25) is 0 Å². The van der Waals surface area contributed by atoms with Crippen LogP contribution in [0.3, 0.4) is 0 Å². The van der Waals surface area contributed by atoms with Crippen LogP contribution in [0.1, 0.15) is 32.8 Å². The highest BCUT2D eigenvalue weighted by Gasteiger charge is 2.05. The molecule has 0 amide bonds. The van der Waals surface area contributed by atoms with Gasteiger partial charge >= 0.3 is 0 Å². The van der Waals surface area contributed by atoms with E-state index >= 15 is 0 Å². The molecule has 96 valence electrons. The first-order chi connectivity index (χ1) is 8.17. The average Bonchev–Trinajstić information content (AvgIpc) is 2.33. The molecule has 1 rings (SSSR count). The van der Waals surface area contributed by atoms with Gasteiger partial charge in [-0.05, 0) is 24.1 Å². The highest BCUT2D eigenvalue weighted by Crippen LogP contribution is 2.28. The van der Waals surface area contributed by atoms with Gasteiger partial charge in [-0.3, -0.25) is 0 Å². The van der Waals surface area contributed by atoms with Crippen LogP contribution in [0.2, 0.25) is 0 Å². The average molecular weight is 237 g/mol. The van der Waals surface area contributed by atoms with Gasteiger partial charge in [0, 0.05) is 12.6 Å². The highest BCUT2D eigenvalue weighted by atomic mass is 16.5. The smallest absolute Gasteiger partial charge is 0.161 e. The molecule has 3 heteroatoms. The van der Waals surface area contributed by atoms with Crippen molar-refractivity contribution >= 4 is 0 Å². The molecular weight excluding hydrogens is 214 g/mol. The Labute approximate surface area is 104 Å². The molecular formula is C14H23NO2. The van der Waals surface area contributed by atoms with Crippen molar-refractivity contribution in [3.8, 4) is 11.5 Å². The summed E-state index contributed by atoms with van der Waals surface area (Å²) in [6.45, 7) is 7.94. The molecule has 0 aliphatic carbocycles. The van der Waals surface area contributed by atoms with Gasteiger partial charge in [0.15, 0.2) is 11.5 Å². The second-order valence-electron chi connectivity index (χ2n) is 4.37. The van der Waals surface area contributed by atoms with Crippen molar-refractivity contribution in [2.24, 2.45) is 0 Å². The van der Waals surface area contributed by atoms with Crippen LogP contribution in [-0.4, -0.2) is 19.8 Å². The summed E-state index contributed by atoms with van der Waals surface area (Å²) in [6.07, 6.45) is 0.998. The molecule has 0 saturated heterocycles. The van der Waals surface area contributed by atoms with Crippen molar-refractivity contribution in [1.82, 2.24) is 5.32 Å². The summed E-state index contributed by atoms with van der Waals surface area (Å²) in [5.41, 5.74) is 1.21. The van der Waals surface area contributed by atoms with Crippen LogP contribution in [-0.2, 0) is 6.54 Å². The summed E-state index contributed by atoms with van der Waals surface area (Å²) in [4.78, 5) is 0.